The van der Waals surface area contributed by atoms with Crippen LogP contribution in [0.4, 0.5) is 4.39 Å². The lowest BCUT2D eigenvalue weighted by molar-refractivity contribution is 0.390. The Balaban J connectivity index is 2.01. The minimum absolute atomic E-state index is 0.0925. The molecule has 11 heteroatoms. The third kappa shape index (κ3) is 4.27. The molecular weight excluding hydrogens is 433 g/mol. The summed E-state index contributed by atoms with van der Waals surface area (Å²) in [5.41, 5.74) is 0.619. The lowest BCUT2D eigenvalue weighted by Gasteiger charge is -2.19. The number of benzene rings is 1. The van der Waals surface area contributed by atoms with Crippen LogP contribution in [-0.4, -0.2) is 33.5 Å². The number of hydrogen-bond donors (Lipinski definition) is 1. The summed E-state index contributed by atoms with van der Waals surface area (Å²) in [4.78, 5) is 3.68. The summed E-state index contributed by atoms with van der Waals surface area (Å²) in [7, 11) is -8.17. The fourth-order valence-corrected chi connectivity index (χ4v) is 6.25. The Morgan fingerprint density at radius 1 is 1.13 bits per heavy atom. The van der Waals surface area contributed by atoms with Gasteiger partial charge in [0.2, 0.25) is 10.0 Å². The van der Waals surface area contributed by atoms with Gasteiger partial charge in [0.1, 0.15) is 21.7 Å². The quantitative estimate of drug-likeness (QED) is 0.546. The van der Waals surface area contributed by atoms with Crippen LogP contribution in [-0.2, 0) is 19.9 Å². The second kappa shape index (κ2) is 8.25. The first kappa shape index (κ1) is 22.1. The van der Waals surface area contributed by atoms with Crippen molar-refractivity contribution < 1.29 is 25.7 Å². The predicted molar refractivity (Wildman–Crippen MR) is 106 cm³/mol. The second-order valence-electron chi connectivity index (χ2n) is 6.74. The van der Waals surface area contributed by atoms with Crippen molar-refractivity contribution in [2.24, 2.45) is 0 Å². The average Bonchev–Trinajstić information content (AvgIpc) is 3.03. The number of nitrogens with zero attached hydrogens (tertiary/aromatic N) is 2. The van der Waals surface area contributed by atoms with Gasteiger partial charge in [-0.1, -0.05) is 11.2 Å². The van der Waals surface area contributed by atoms with E-state index in [1.165, 1.54) is 45.3 Å². The molecule has 3 aromatic rings. The van der Waals surface area contributed by atoms with Crippen LogP contribution in [0.5, 0.6) is 0 Å². The third-order valence-corrected chi connectivity index (χ3v) is 8.35. The molecule has 0 saturated heterocycles. The normalized spacial score (nSPS) is 13.3. The Morgan fingerprint density at radius 2 is 1.87 bits per heavy atom. The van der Waals surface area contributed by atoms with E-state index in [0.717, 1.165) is 12.1 Å². The minimum Gasteiger partial charge on any atom is -0.360 e. The SMILES string of the molecule is Cc1cc(S(=O)(=O)[C@@H](CNS(=O)(=O)c2c(C)noc2C)c2cccnc2)ccc1F. The molecule has 8 nitrogen and oxygen atoms in total. The van der Waals surface area contributed by atoms with Crippen LogP contribution in [0.25, 0.3) is 0 Å². The number of aryl methyl sites for hydroxylation is 3. The molecule has 0 aliphatic heterocycles. The smallest absolute Gasteiger partial charge is 0.246 e. The largest absolute Gasteiger partial charge is 0.360 e. The summed E-state index contributed by atoms with van der Waals surface area (Å²) in [6.45, 7) is 3.91. The maximum absolute atomic E-state index is 13.6. The molecule has 30 heavy (non-hydrogen) atoms. The molecule has 0 fully saturated rings. The summed E-state index contributed by atoms with van der Waals surface area (Å²) >= 11 is 0. The average molecular weight is 454 g/mol. The lowest BCUT2D eigenvalue weighted by Crippen LogP contribution is -2.32. The van der Waals surface area contributed by atoms with Gasteiger partial charge in [-0.2, -0.15) is 0 Å². The second-order valence-corrected chi connectivity index (χ2v) is 10.6. The zero-order valence-electron chi connectivity index (χ0n) is 16.5. The van der Waals surface area contributed by atoms with Crippen LogP contribution in [0.2, 0.25) is 0 Å². The van der Waals surface area contributed by atoms with Crippen LogP contribution in [0.15, 0.2) is 57.0 Å². The Kier molecular flexibility index (Phi) is 6.06. The van der Waals surface area contributed by atoms with E-state index in [4.69, 9.17) is 4.52 Å². The van der Waals surface area contributed by atoms with Gasteiger partial charge >= 0.3 is 0 Å². The van der Waals surface area contributed by atoms with Gasteiger partial charge in [0, 0.05) is 18.9 Å². The van der Waals surface area contributed by atoms with Gasteiger partial charge in [-0.25, -0.2) is 25.9 Å². The van der Waals surface area contributed by atoms with Crippen molar-refractivity contribution in [3.05, 3.63) is 71.1 Å². The van der Waals surface area contributed by atoms with Gasteiger partial charge in [0.25, 0.3) is 0 Å². The molecule has 2 heterocycles. The molecule has 1 N–H and O–H groups in total. The van der Waals surface area contributed by atoms with Gasteiger partial charge in [0.05, 0.1) is 4.90 Å². The number of sulfonamides is 1. The van der Waals surface area contributed by atoms with Gasteiger partial charge in [0.15, 0.2) is 15.6 Å². The molecule has 0 aliphatic rings. The molecule has 2 aromatic heterocycles. The maximum atomic E-state index is 13.6. The van der Waals surface area contributed by atoms with Crippen LogP contribution in [0.3, 0.4) is 0 Å². The zero-order valence-corrected chi connectivity index (χ0v) is 18.1. The standard InChI is InChI=1S/C19H20FN3O5S2/c1-12-9-16(6-7-17(12)20)29(24,25)18(15-5-4-8-21-10-15)11-22-30(26,27)19-13(2)23-28-14(19)3/h4-10,18,22H,11H2,1-3H3/t18-/m0/s1. The first-order valence-electron chi connectivity index (χ1n) is 8.86. The van der Waals surface area contributed by atoms with Crippen molar-refractivity contribution in [1.29, 1.82) is 0 Å². The molecule has 0 spiro atoms. The zero-order chi connectivity index (χ0) is 22.1. The highest BCUT2D eigenvalue weighted by atomic mass is 32.2. The van der Waals surface area contributed by atoms with E-state index in [1.807, 2.05) is 0 Å². The topological polar surface area (TPSA) is 119 Å². The number of rotatable bonds is 7. The summed E-state index contributed by atoms with van der Waals surface area (Å²) in [5, 5.41) is 2.34. The Morgan fingerprint density at radius 3 is 2.43 bits per heavy atom. The molecule has 1 aromatic carbocycles. The van der Waals surface area contributed by atoms with Gasteiger partial charge in [-0.3, -0.25) is 4.98 Å². The first-order valence-corrected chi connectivity index (χ1v) is 11.9. The molecule has 3 rings (SSSR count). The Hall–Kier alpha value is -2.63. The molecule has 0 radical (unpaired) electrons. The highest BCUT2D eigenvalue weighted by Crippen LogP contribution is 2.30. The first-order chi connectivity index (χ1) is 14.0. The van der Waals surface area contributed by atoms with E-state index < -0.39 is 37.5 Å². The Labute approximate surface area is 174 Å². The molecule has 1 atom stereocenters. The number of pyridine rings is 1. The van der Waals surface area contributed by atoms with E-state index in [-0.39, 0.29) is 26.8 Å². The van der Waals surface area contributed by atoms with E-state index >= 15 is 0 Å². The molecule has 160 valence electrons. The number of aromatic nitrogens is 2. The number of halogens is 1. The van der Waals surface area contributed by atoms with Crippen LogP contribution in [0, 0.1) is 26.6 Å². The third-order valence-electron chi connectivity index (χ3n) is 4.58. The molecule has 0 bridgehead atoms. The molecule has 0 saturated carbocycles. The summed E-state index contributed by atoms with van der Waals surface area (Å²) in [5.74, 6) is -0.444. The summed E-state index contributed by atoms with van der Waals surface area (Å²) in [6, 6.07) is 6.53. The molecular formula is C19H20FN3O5S2. The number of nitrogens with one attached hydrogen (secondary N) is 1. The fourth-order valence-electron chi connectivity index (χ4n) is 3.05. The van der Waals surface area contributed by atoms with Gasteiger partial charge < -0.3 is 4.52 Å². The van der Waals surface area contributed by atoms with E-state index in [0.29, 0.717) is 5.56 Å². The van der Waals surface area contributed by atoms with Gasteiger partial charge in [-0.15, -0.1) is 0 Å². The van der Waals surface area contributed by atoms with Crippen molar-refractivity contribution in [2.45, 2.75) is 35.8 Å². The van der Waals surface area contributed by atoms with Crippen LogP contribution < -0.4 is 4.72 Å². The van der Waals surface area contributed by atoms with E-state index in [2.05, 4.69) is 14.9 Å². The number of hydrogen-bond acceptors (Lipinski definition) is 7. The predicted octanol–water partition coefficient (Wildman–Crippen LogP) is 2.63. The fraction of sp³-hybridized carbons (Fsp3) is 0.263. The highest BCUT2D eigenvalue weighted by molar-refractivity contribution is 7.92. The van der Waals surface area contributed by atoms with E-state index in [9.17, 15) is 21.2 Å². The van der Waals surface area contributed by atoms with Crippen LogP contribution in [0.1, 0.15) is 27.8 Å². The van der Waals surface area contributed by atoms with Crippen molar-refractivity contribution >= 4 is 19.9 Å². The molecule has 0 unspecified atom stereocenters. The van der Waals surface area contributed by atoms with Crippen molar-refractivity contribution in [1.82, 2.24) is 14.9 Å². The van der Waals surface area contributed by atoms with Crippen molar-refractivity contribution in [2.75, 3.05) is 6.54 Å². The molecule has 0 aliphatic carbocycles. The van der Waals surface area contributed by atoms with Gasteiger partial charge in [-0.05, 0) is 56.2 Å². The minimum atomic E-state index is -4.09. The number of sulfone groups is 1. The van der Waals surface area contributed by atoms with Crippen molar-refractivity contribution in [3.8, 4) is 0 Å². The maximum Gasteiger partial charge on any atom is 0.246 e. The monoisotopic (exact) mass is 453 g/mol. The van der Waals surface area contributed by atoms with Crippen molar-refractivity contribution in [3.63, 3.8) is 0 Å². The highest BCUT2D eigenvalue weighted by Gasteiger charge is 2.33. The summed E-state index contributed by atoms with van der Waals surface area (Å²) < 4.78 is 73.0. The lowest BCUT2D eigenvalue weighted by atomic mass is 10.2. The van der Waals surface area contributed by atoms with Crippen LogP contribution >= 0.6 is 0 Å². The Bertz CT molecular complexity index is 1250. The summed E-state index contributed by atoms with van der Waals surface area (Å²) in [6.07, 6.45) is 2.83. The molecule has 0 amide bonds. The van der Waals surface area contributed by atoms with E-state index in [1.54, 1.807) is 6.07 Å².